The summed E-state index contributed by atoms with van der Waals surface area (Å²) in [6.45, 7) is 1.13. The summed E-state index contributed by atoms with van der Waals surface area (Å²) in [5, 5.41) is 0. The molecule has 0 radical (unpaired) electrons. The van der Waals surface area contributed by atoms with Crippen LogP contribution in [0.2, 0.25) is 0 Å². The first kappa shape index (κ1) is 11.9. The molecule has 1 aromatic rings. The van der Waals surface area contributed by atoms with E-state index in [0.29, 0.717) is 17.9 Å². The van der Waals surface area contributed by atoms with Crippen molar-refractivity contribution in [3.63, 3.8) is 0 Å². The number of methoxy groups -OCH3 is 1. The van der Waals surface area contributed by atoms with Gasteiger partial charge in [0.1, 0.15) is 0 Å². The fourth-order valence-corrected chi connectivity index (χ4v) is 1.98. The first-order valence-electron chi connectivity index (χ1n) is 5.27. The van der Waals surface area contributed by atoms with Crippen molar-refractivity contribution in [2.24, 2.45) is 4.99 Å². The minimum Gasteiger partial charge on any atom is -0.383 e. The monoisotopic (exact) mass is 251 g/mol. The molecule has 0 aliphatic carbocycles. The highest BCUT2D eigenvalue weighted by atomic mass is 32.1. The molecule has 0 amide bonds. The van der Waals surface area contributed by atoms with Crippen LogP contribution in [0, 0.1) is 4.77 Å². The topological polar surface area (TPSA) is 59.4 Å². The first-order valence-corrected chi connectivity index (χ1v) is 5.68. The van der Waals surface area contributed by atoms with Crippen molar-refractivity contribution in [3.8, 4) is 0 Å². The maximum Gasteiger partial charge on any atom is 0.252 e. The first-order chi connectivity index (χ1) is 8.22. The number of aliphatic imine (C=N–C) groups is 1. The van der Waals surface area contributed by atoms with Crippen LogP contribution >= 0.6 is 12.2 Å². The highest BCUT2D eigenvalue weighted by Gasteiger charge is 2.11. The molecule has 1 aliphatic rings. The molecule has 2 heterocycles. The number of hydrogen-bond donors (Lipinski definition) is 1. The predicted octanol–water partition coefficient (Wildman–Crippen LogP) is 1.26. The third-order valence-corrected chi connectivity index (χ3v) is 2.82. The predicted molar refractivity (Wildman–Crippen MR) is 68.1 cm³/mol. The molecule has 5 nitrogen and oxygen atoms in total. The van der Waals surface area contributed by atoms with Crippen molar-refractivity contribution in [1.82, 2.24) is 9.55 Å². The Kier molecular flexibility index (Phi) is 3.65. The van der Waals surface area contributed by atoms with E-state index in [1.807, 2.05) is 10.6 Å². The van der Waals surface area contributed by atoms with Crippen molar-refractivity contribution < 1.29 is 4.74 Å². The third-order valence-electron chi connectivity index (χ3n) is 2.50. The van der Waals surface area contributed by atoms with E-state index in [1.165, 1.54) is 6.07 Å². The Labute approximate surface area is 103 Å². The minimum absolute atomic E-state index is 0.201. The second-order valence-electron chi connectivity index (χ2n) is 3.63. The lowest BCUT2D eigenvalue weighted by Gasteiger charge is -2.12. The Morgan fingerprint density at radius 3 is 3.12 bits per heavy atom. The van der Waals surface area contributed by atoms with E-state index in [0.717, 1.165) is 17.8 Å². The van der Waals surface area contributed by atoms with Gasteiger partial charge in [0.2, 0.25) is 0 Å². The van der Waals surface area contributed by atoms with Crippen molar-refractivity contribution in [3.05, 3.63) is 39.2 Å². The smallest absolute Gasteiger partial charge is 0.252 e. The molecule has 17 heavy (non-hydrogen) atoms. The Bertz CT molecular complexity index is 583. The van der Waals surface area contributed by atoms with E-state index >= 15 is 0 Å². The Hall–Kier alpha value is -1.53. The van der Waals surface area contributed by atoms with Gasteiger partial charge in [-0.25, -0.2) is 0 Å². The fraction of sp³-hybridized carbons (Fsp3) is 0.364. The zero-order chi connectivity index (χ0) is 12.3. The molecule has 0 fully saturated rings. The van der Waals surface area contributed by atoms with Crippen LogP contribution in [0.1, 0.15) is 12.1 Å². The van der Waals surface area contributed by atoms with Gasteiger partial charge in [-0.3, -0.25) is 14.8 Å². The molecule has 90 valence electrons. The van der Waals surface area contributed by atoms with Crippen LogP contribution in [-0.4, -0.2) is 29.0 Å². The second kappa shape index (κ2) is 5.20. The summed E-state index contributed by atoms with van der Waals surface area (Å²) in [5.41, 5.74) is 1.42. The van der Waals surface area contributed by atoms with Crippen molar-refractivity contribution in [2.75, 3.05) is 13.7 Å². The number of allylic oxidation sites excluding steroid dienone is 1. The van der Waals surface area contributed by atoms with Crippen LogP contribution in [-0.2, 0) is 11.3 Å². The van der Waals surface area contributed by atoms with Crippen LogP contribution in [0.4, 0.5) is 0 Å². The van der Waals surface area contributed by atoms with Gasteiger partial charge in [0.25, 0.3) is 5.56 Å². The molecule has 0 aromatic carbocycles. The van der Waals surface area contributed by atoms with Crippen molar-refractivity contribution in [1.29, 1.82) is 0 Å². The fourth-order valence-electron chi connectivity index (χ4n) is 1.69. The van der Waals surface area contributed by atoms with Gasteiger partial charge in [-0.1, -0.05) is 6.08 Å². The lowest BCUT2D eigenvalue weighted by Crippen LogP contribution is -2.21. The zero-order valence-electron chi connectivity index (χ0n) is 9.47. The number of nitrogens with zero attached hydrogens (tertiary/aromatic N) is 2. The Morgan fingerprint density at radius 1 is 1.65 bits per heavy atom. The normalized spacial score (nSPS) is 14.1. The molecule has 1 N–H and O–H groups in total. The van der Waals surface area contributed by atoms with Crippen LogP contribution in [0.25, 0.3) is 0 Å². The molecule has 2 rings (SSSR count). The summed E-state index contributed by atoms with van der Waals surface area (Å²) in [6.07, 6.45) is 4.41. The summed E-state index contributed by atoms with van der Waals surface area (Å²) in [4.78, 5) is 18.3. The molecule has 6 heteroatoms. The van der Waals surface area contributed by atoms with Gasteiger partial charge in [0.05, 0.1) is 18.0 Å². The van der Waals surface area contributed by atoms with Gasteiger partial charge < -0.3 is 9.30 Å². The number of hydrogen-bond acceptors (Lipinski definition) is 4. The van der Waals surface area contributed by atoms with Crippen molar-refractivity contribution >= 4 is 17.9 Å². The SMILES string of the molecule is COCCn1c(C2=NC=CC2)cc(=O)[nH]c1=S. The van der Waals surface area contributed by atoms with Gasteiger partial charge >= 0.3 is 0 Å². The molecular weight excluding hydrogens is 238 g/mol. The van der Waals surface area contributed by atoms with Crippen LogP contribution < -0.4 is 5.56 Å². The average Bonchev–Trinajstić information content (AvgIpc) is 2.80. The third kappa shape index (κ3) is 2.59. The lowest BCUT2D eigenvalue weighted by atomic mass is 10.2. The van der Waals surface area contributed by atoms with Crippen LogP contribution in [0.5, 0.6) is 0 Å². The van der Waals surface area contributed by atoms with Crippen molar-refractivity contribution in [2.45, 2.75) is 13.0 Å². The molecule has 0 atom stereocenters. The zero-order valence-corrected chi connectivity index (χ0v) is 10.3. The van der Waals surface area contributed by atoms with Gasteiger partial charge in [0.15, 0.2) is 4.77 Å². The maximum absolute atomic E-state index is 11.5. The molecule has 1 aromatic heterocycles. The van der Waals surface area contributed by atoms with E-state index in [-0.39, 0.29) is 5.56 Å². The molecule has 0 bridgehead atoms. The quantitative estimate of drug-likeness (QED) is 0.819. The molecule has 1 aliphatic heterocycles. The van der Waals surface area contributed by atoms with E-state index in [1.54, 1.807) is 13.3 Å². The van der Waals surface area contributed by atoms with Gasteiger partial charge in [-0.15, -0.1) is 0 Å². The van der Waals surface area contributed by atoms with E-state index in [4.69, 9.17) is 17.0 Å². The lowest BCUT2D eigenvalue weighted by molar-refractivity contribution is 0.186. The summed E-state index contributed by atoms with van der Waals surface area (Å²) >= 11 is 5.15. The summed E-state index contributed by atoms with van der Waals surface area (Å²) < 4.78 is 7.28. The maximum atomic E-state index is 11.5. The molecule has 0 saturated heterocycles. The Morgan fingerprint density at radius 2 is 2.47 bits per heavy atom. The largest absolute Gasteiger partial charge is 0.383 e. The molecule has 0 spiro atoms. The standard InChI is InChI=1S/C11H13N3O2S/c1-16-6-5-14-9(8-3-2-4-12-8)7-10(15)13-11(14)17/h2,4,7H,3,5-6H2,1H3,(H,13,15,17). The second-order valence-corrected chi connectivity index (χ2v) is 4.02. The van der Waals surface area contributed by atoms with Crippen LogP contribution in [0.15, 0.2) is 28.1 Å². The number of aromatic nitrogens is 2. The number of ether oxygens (including phenoxy) is 1. The van der Waals surface area contributed by atoms with Gasteiger partial charge in [0, 0.05) is 32.3 Å². The molecule has 0 unspecified atom stereocenters. The molecular formula is C11H13N3O2S. The van der Waals surface area contributed by atoms with E-state index in [2.05, 4.69) is 9.98 Å². The number of nitrogens with one attached hydrogen (secondary N) is 1. The minimum atomic E-state index is -0.201. The van der Waals surface area contributed by atoms with Gasteiger partial charge in [-0.2, -0.15) is 0 Å². The Balaban J connectivity index is 2.47. The number of rotatable bonds is 4. The summed E-state index contributed by atoms with van der Waals surface area (Å²) in [5.74, 6) is 0. The highest BCUT2D eigenvalue weighted by Crippen LogP contribution is 2.09. The average molecular weight is 251 g/mol. The summed E-state index contributed by atoms with van der Waals surface area (Å²) in [6, 6.07) is 1.53. The molecule has 0 saturated carbocycles. The number of aromatic amines is 1. The summed E-state index contributed by atoms with van der Waals surface area (Å²) in [7, 11) is 1.63. The van der Waals surface area contributed by atoms with Crippen LogP contribution in [0.3, 0.4) is 0 Å². The van der Waals surface area contributed by atoms with E-state index < -0.39 is 0 Å². The van der Waals surface area contributed by atoms with Gasteiger partial charge in [-0.05, 0) is 12.2 Å². The van der Waals surface area contributed by atoms with E-state index in [9.17, 15) is 4.79 Å². The highest BCUT2D eigenvalue weighted by molar-refractivity contribution is 7.71. The number of H-pyrrole nitrogens is 1.